The van der Waals surface area contributed by atoms with Crippen LogP contribution in [0.25, 0.3) is 0 Å². The molecule has 0 saturated carbocycles. The van der Waals surface area contributed by atoms with E-state index in [1.54, 1.807) is 11.1 Å². The molecule has 1 aromatic rings. The number of Topliss-reactive ketones (excluding diaryl/α,β-unsaturated/α-hetero) is 1. The van der Waals surface area contributed by atoms with Crippen molar-refractivity contribution in [3.05, 3.63) is 18.0 Å². The number of nitrogens with zero attached hydrogens (tertiary/aromatic N) is 3. The summed E-state index contributed by atoms with van der Waals surface area (Å²) < 4.78 is 1.36. The van der Waals surface area contributed by atoms with Crippen LogP contribution >= 0.6 is 0 Å². The van der Waals surface area contributed by atoms with Crippen LogP contribution in [-0.2, 0) is 11.2 Å². The first kappa shape index (κ1) is 16.4. The molecular formula is C14H23N3O3. The van der Waals surface area contributed by atoms with Crippen molar-refractivity contribution in [2.24, 2.45) is 0 Å². The predicted molar refractivity (Wildman–Crippen MR) is 75.6 cm³/mol. The van der Waals surface area contributed by atoms with Gasteiger partial charge in [0.05, 0.1) is 5.69 Å². The van der Waals surface area contributed by atoms with Crippen LogP contribution in [0.1, 0.15) is 38.8 Å². The molecule has 1 rings (SSSR count). The summed E-state index contributed by atoms with van der Waals surface area (Å²) in [6, 6.07) is 1.71. The Bertz CT molecular complexity index is 439. The molecule has 1 amide bonds. The van der Waals surface area contributed by atoms with Crippen LogP contribution in [0.3, 0.4) is 0 Å². The number of aliphatic hydroxyl groups excluding tert-OH is 1. The molecule has 0 radical (unpaired) electrons. The maximum Gasteiger partial charge on any atom is 0.344 e. The van der Waals surface area contributed by atoms with Crippen molar-refractivity contribution in [3.63, 3.8) is 0 Å². The Morgan fingerprint density at radius 1 is 1.30 bits per heavy atom. The molecule has 112 valence electrons. The molecule has 20 heavy (non-hydrogen) atoms. The van der Waals surface area contributed by atoms with Crippen LogP contribution in [0.15, 0.2) is 12.3 Å². The lowest BCUT2D eigenvalue weighted by molar-refractivity contribution is -0.121. The fraction of sp³-hybridized carbons (Fsp3) is 0.643. The molecule has 0 fully saturated rings. The van der Waals surface area contributed by atoms with Gasteiger partial charge in [0.1, 0.15) is 6.61 Å². The van der Waals surface area contributed by atoms with Crippen molar-refractivity contribution in [1.29, 1.82) is 0 Å². The van der Waals surface area contributed by atoms with E-state index in [0.717, 1.165) is 25.0 Å². The Hall–Kier alpha value is -1.69. The lowest BCUT2D eigenvalue weighted by atomic mass is 10.1. The van der Waals surface area contributed by atoms with Gasteiger partial charge in [-0.15, -0.1) is 0 Å². The van der Waals surface area contributed by atoms with Crippen LogP contribution < -0.4 is 0 Å². The quantitative estimate of drug-likeness (QED) is 0.732. The third-order valence-corrected chi connectivity index (χ3v) is 3.19. The molecule has 0 unspecified atom stereocenters. The second-order valence-electron chi connectivity index (χ2n) is 4.61. The molecule has 0 aromatic carbocycles. The Balaban J connectivity index is 2.43. The molecular weight excluding hydrogens is 258 g/mol. The summed E-state index contributed by atoms with van der Waals surface area (Å²) in [6.45, 7) is 4.81. The van der Waals surface area contributed by atoms with Gasteiger partial charge in [-0.2, -0.15) is 9.78 Å². The molecule has 0 saturated heterocycles. The molecule has 6 nitrogen and oxygen atoms in total. The molecule has 0 aliphatic carbocycles. The highest BCUT2D eigenvalue weighted by Gasteiger charge is 2.13. The van der Waals surface area contributed by atoms with E-state index in [1.165, 1.54) is 4.68 Å². The first-order valence-corrected chi connectivity index (χ1v) is 7.08. The molecule has 6 heteroatoms. The zero-order valence-electron chi connectivity index (χ0n) is 12.2. The molecule has 1 aromatic heterocycles. The Morgan fingerprint density at radius 2 is 2.00 bits per heavy atom. The minimum Gasteiger partial charge on any atom is -0.389 e. The van der Waals surface area contributed by atoms with E-state index in [4.69, 9.17) is 5.11 Å². The second kappa shape index (κ2) is 8.47. The van der Waals surface area contributed by atoms with Gasteiger partial charge in [0, 0.05) is 25.7 Å². The smallest absolute Gasteiger partial charge is 0.344 e. The first-order chi connectivity index (χ1) is 9.62. The molecule has 0 atom stereocenters. The zero-order valence-corrected chi connectivity index (χ0v) is 12.2. The molecule has 0 spiro atoms. The van der Waals surface area contributed by atoms with E-state index in [0.29, 0.717) is 19.5 Å². The Kier molecular flexibility index (Phi) is 6.93. The number of aliphatic hydroxyl groups is 1. The summed E-state index contributed by atoms with van der Waals surface area (Å²) in [7, 11) is 0. The van der Waals surface area contributed by atoms with Crippen molar-refractivity contribution < 1.29 is 14.7 Å². The topological polar surface area (TPSA) is 75.4 Å². The minimum atomic E-state index is -0.382. The van der Waals surface area contributed by atoms with E-state index in [2.05, 4.69) is 5.10 Å². The van der Waals surface area contributed by atoms with Gasteiger partial charge in [-0.3, -0.25) is 4.79 Å². The maximum atomic E-state index is 12.0. The van der Waals surface area contributed by atoms with E-state index in [1.807, 2.05) is 19.9 Å². The van der Waals surface area contributed by atoms with Gasteiger partial charge < -0.3 is 10.0 Å². The fourth-order valence-electron chi connectivity index (χ4n) is 1.95. The van der Waals surface area contributed by atoms with Crippen molar-refractivity contribution in [2.45, 2.75) is 39.5 Å². The monoisotopic (exact) mass is 281 g/mol. The van der Waals surface area contributed by atoms with Gasteiger partial charge >= 0.3 is 6.03 Å². The summed E-state index contributed by atoms with van der Waals surface area (Å²) in [6.07, 6.45) is 4.36. The van der Waals surface area contributed by atoms with Gasteiger partial charge in [-0.05, 0) is 39.2 Å². The summed E-state index contributed by atoms with van der Waals surface area (Å²) >= 11 is 0. The minimum absolute atomic E-state index is 0.114. The van der Waals surface area contributed by atoms with Crippen molar-refractivity contribution in [2.75, 3.05) is 19.7 Å². The summed E-state index contributed by atoms with van der Waals surface area (Å²) in [5.41, 5.74) is 0.849. The normalized spacial score (nSPS) is 10.6. The van der Waals surface area contributed by atoms with E-state index in [-0.39, 0.29) is 18.4 Å². The third-order valence-electron chi connectivity index (χ3n) is 3.19. The third kappa shape index (κ3) is 4.77. The van der Waals surface area contributed by atoms with Gasteiger partial charge in [-0.1, -0.05) is 0 Å². The van der Waals surface area contributed by atoms with Crippen LogP contribution in [0.2, 0.25) is 0 Å². The molecule has 1 heterocycles. The van der Waals surface area contributed by atoms with Crippen LogP contribution in [-0.4, -0.2) is 51.3 Å². The van der Waals surface area contributed by atoms with E-state index in [9.17, 15) is 9.59 Å². The summed E-state index contributed by atoms with van der Waals surface area (Å²) in [5, 5.41) is 12.9. The van der Waals surface area contributed by atoms with Gasteiger partial charge in [0.2, 0.25) is 0 Å². The average molecular weight is 281 g/mol. The Morgan fingerprint density at radius 3 is 2.60 bits per heavy atom. The largest absolute Gasteiger partial charge is 0.389 e. The van der Waals surface area contributed by atoms with Crippen molar-refractivity contribution >= 4 is 11.8 Å². The summed E-state index contributed by atoms with van der Waals surface area (Å²) in [4.78, 5) is 24.7. The number of carbonyl (C=O) groups excluding carboxylic acids is 2. The standard InChI is InChI=1S/C14H23N3O3/c1-3-16(4-2)14(20)17-10-9-12(15-17)7-5-6-8-13(19)11-18/h9-10,18H,3-8,11H2,1-2H3. The van der Waals surface area contributed by atoms with Crippen molar-refractivity contribution in [1.82, 2.24) is 14.7 Å². The van der Waals surface area contributed by atoms with Gasteiger partial charge in [0.15, 0.2) is 5.78 Å². The number of amides is 1. The number of aromatic nitrogens is 2. The van der Waals surface area contributed by atoms with Gasteiger partial charge in [-0.25, -0.2) is 4.79 Å². The molecule has 1 N–H and O–H groups in total. The molecule has 0 aliphatic heterocycles. The zero-order chi connectivity index (χ0) is 15.0. The number of ketones is 1. The maximum absolute atomic E-state index is 12.0. The number of aryl methyl sites for hydroxylation is 1. The van der Waals surface area contributed by atoms with E-state index >= 15 is 0 Å². The van der Waals surface area contributed by atoms with Crippen LogP contribution in [0.4, 0.5) is 4.79 Å². The molecule has 0 aliphatic rings. The van der Waals surface area contributed by atoms with E-state index < -0.39 is 0 Å². The summed E-state index contributed by atoms with van der Waals surface area (Å²) in [5.74, 6) is -0.132. The van der Waals surface area contributed by atoms with Gasteiger partial charge in [0.25, 0.3) is 0 Å². The lowest BCUT2D eigenvalue weighted by Crippen LogP contribution is -2.34. The Labute approximate surface area is 119 Å². The first-order valence-electron chi connectivity index (χ1n) is 7.08. The lowest BCUT2D eigenvalue weighted by Gasteiger charge is -2.17. The predicted octanol–water partition coefficient (Wildman–Crippen LogP) is 1.47. The van der Waals surface area contributed by atoms with Crippen LogP contribution in [0, 0.1) is 0 Å². The van der Waals surface area contributed by atoms with Crippen molar-refractivity contribution in [3.8, 4) is 0 Å². The fourth-order valence-corrected chi connectivity index (χ4v) is 1.95. The number of carbonyl (C=O) groups is 2. The second-order valence-corrected chi connectivity index (χ2v) is 4.61. The highest BCUT2D eigenvalue weighted by molar-refractivity contribution is 5.79. The number of hydrogen-bond acceptors (Lipinski definition) is 4. The highest BCUT2D eigenvalue weighted by atomic mass is 16.3. The number of unbranched alkanes of at least 4 members (excludes halogenated alkanes) is 1. The number of hydrogen-bond donors (Lipinski definition) is 1. The SMILES string of the molecule is CCN(CC)C(=O)n1ccc(CCCCC(=O)CO)n1. The number of rotatable bonds is 8. The molecule has 0 bridgehead atoms. The van der Waals surface area contributed by atoms with Crippen LogP contribution in [0.5, 0.6) is 0 Å². The average Bonchev–Trinajstić information content (AvgIpc) is 2.93. The highest BCUT2D eigenvalue weighted by Crippen LogP contribution is 2.06.